The van der Waals surface area contributed by atoms with Gasteiger partial charge in [-0.25, -0.2) is 4.79 Å². The lowest BCUT2D eigenvalue weighted by Gasteiger charge is -2.13. The van der Waals surface area contributed by atoms with Gasteiger partial charge >= 0.3 is 5.97 Å². The van der Waals surface area contributed by atoms with E-state index in [-0.39, 0.29) is 16.2 Å². The molecule has 0 unspecified atom stereocenters. The van der Waals surface area contributed by atoms with Gasteiger partial charge in [0.1, 0.15) is 0 Å². The number of carbonyl (C=O) groups is 2. The summed E-state index contributed by atoms with van der Waals surface area (Å²) >= 11 is 14.4. The number of aromatic carboxylic acids is 1. The number of rotatable bonds is 3. The predicted molar refractivity (Wildman–Crippen MR) is 101 cm³/mol. The molecular formula is C16H12BrClN2O3S. The molecule has 2 aromatic rings. The fraction of sp³-hybridized carbons (Fsp3) is 0.0625. The molecule has 0 bridgehead atoms. The van der Waals surface area contributed by atoms with Crippen LogP contribution < -0.4 is 10.6 Å². The molecule has 1 amide bonds. The first-order valence-electron chi connectivity index (χ1n) is 6.69. The maximum atomic E-state index is 12.2. The summed E-state index contributed by atoms with van der Waals surface area (Å²) in [5, 5.41) is 14.7. The van der Waals surface area contributed by atoms with Crippen LogP contribution in [0.1, 0.15) is 26.3 Å². The molecule has 24 heavy (non-hydrogen) atoms. The van der Waals surface area contributed by atoms with Gasteiger partial charge in [0, 0.05) is 10.2 Å². The van der Waals surface area contributed by atoms with Gasteiger partial charge in [-0.2, -0.15) is 0 Å². The van der Waals surface area contributed by atoms with Crippen LogP contribution in [0.25, 0.3) is 0 Å². The standard InChI is InChI=1S/C16H12BrClN2O3S/c1-8-2-3-9(15(22)23)6-13(8)19-16(24)20-14(21)11-7-10(17)4-5-12(11)18/h2-7H,1H3,(H,22,23)(H2,19,20,21,24). The van der Waals surface area contributed by atoms with Crippen molar-refractivity contribution < 1.29 is 14.7 Å². The topological polar surface area (TPSA) is 78.4 Å². The molecule has 8 heteroatoms. The van der Waals surface area contributed by atoms with E-state index in [9.17, 15) is 9.59 Å². The highest BCUT2D eigenvalue weighted by Gasteiger charge is 2.13. The Morgan fingerprint density at radius 1 is 1.21 bits per heavy atom. The summed E-state index contributed by atoms with van der Waals surface area (Å²) in [6.45, 7) is 1.80. The Kier molecular flexibility index (Phi) is 5.93. The monoisotopic (exact) mass is 426 g/mol. The van der Waals surface area contributed by atoms with Gasteiger partial charge in [-0.3, -0.25) is 10.1 Å². The molecule has 0 radical (unpaired) electrons. The van der Waals surface area contributed by atoms with E-state index in [2.05, 4.69) is 26.6 Å². The zero-order valence-corrected chi connectivity index (χ0v) is 15.6. The van der Waals surface area contributed by atoms with Crippen molar-refractivity contribution in [3.05, 3.63) is 62.6 Å². The summed E-state index contributed by atoms with van der Waals surface area (Å²) in [6.07, 6.45) is 0. The number of halogens is 2. The number of carboxylic acid groups (broad SMARTS) is 1. The lowest BCUT2D eigenvalue weighted by molar-refractivity contribution is 0.0696. The maximum Gasteiger partial charge on any atom is 0.335 e. The quantitative estimate of drug-likeness (QED) is 0.639. The zero-order valence-electron chi connectivity index (χ0n) is 12.4. The van der Waals surface area contributed by atoms with E-state index in [1.807, 2.05) is 0 Å². The summed E-state index contributed by atoms with van der Waals surface area (Å²) in [5.74, 6) is -1.51. The molecule has 3 N–H and O–H groups in total. The number of carboxylic acids is 1. The first-order valence-corrected chi connectivity index (χ1v) is 8.27. The van der Waals surface area contributed by atoms with Crippen LogP contribution in [0, 0.1) is 6.92 Å². The molecule has 0 heterocycles. The molecule has 0 fully saturated rings. The highest BCUT2D eigenvalue weighted by molar-refractivity contribution is 9.10. The Morgan fingerprint density at radius 2 is 1.92 bits per heavy atom. The number of anilines is 1. The van der Waals surface area contributed by atoms with Crippen molar-refractivity contribution in [1.82, 2.24) is 5.32 Å². The van der Waals surface area contributed by atoms with Crippen LogP contribution in [-0.4, -0.2) is 22.1 Å². The minimum atomic E-state index is -1.05. The average molecular weight is 428 g/mol. The van der Waals surface area contributed by atoms with Crippen molar-refractivity contribution in [2.45, 2.75) is 6.92 Å². The fourth-order valence-electron chi connectivity index (χ4n) is 1.89. The van der Waals surface area contributed by atoms with Crippen LogP contribution in [0.4, 0.5) is 5.69 Å². The minimum absolute atomic E-state index is 0.0432. The molecule has 0 aliphatic rings. The van der Waals surface area contributed by atoms with E-state index in [1.54, 1.807) is 31.2 Å². The summed E-state index contributed by atoms with van der Waals surface area (Å²) in [5.41, 5.74) is 1.68. The van der Waals surface area contributed by atoms with E-state index in [0.29, 0.717) is 15.2 Å². The lowest BCUT2D eigenvalue weighted by atomic mass is 10.1. The molecular weight excluding hydrogens is 416 g/mol. The molecule has 0 spiro atoms. The Labute approximate surface area is 157 Å². The van der Waals surface area contributed by atoms with Crippen molar-refractivity contribution in [1.29, 1.82) is 0 Å². The number of nitrogens with one attached hydrogen (secondary N) is 2. The van der Waals surface area contributed by atoms with Gasteiger partial charge in [-0.05, 0) is 55.0 Å². The summed E-state index contributed by atoms with van der Waals surface area (Å²) in [7, 11) is 0. The SMILES string of the molecule is Cc1ccc(C(=O)O)cc1NC(=S)NC(=O)c1cc(Br)ccc1Cl. The van der Waals surface area contributed by atoms with Crippen LogP contribution in [0.3, 0.4) is 0 Å². The third kappa shape index (κ3) is 4.53. The minimum Gasteiger partial charge on any atom is -0.478 e. The number of carbonyl (C=O) groups excluding carboxylic acids is 1. The van der Waals surface area contributed by atoms with E-state index >= 15 is 0 Å². The van der Waals surface area contributed by atoms with Crippen LogP contribution in [0.15, 0.2) is 40.9 Å². The second-order valence-electron chi connectivity index (χ2n) is 4.87. The third-order valence-electron chi connectivity index (χ3n) is 3.13. The van der Waals surface area contributed by atoms with Crippen molar-refractivity contribution in [3.8, 4) is 0 Å². The van der Waals surface area contributed by atoms with Gasteiger partial charge in [-0.1, -0.05) is 33.6 Å². The molecule has 0 aromatic heterocycles. The number of thiocarbonyl (C=S) groups is 1. The normalized spacial score (nSPS) is 10.1. The van der Waals surface area contributed by atoms with Crippen LogP contribution in [0.5, 0.6) is 0 Å². The van der Waals surface area contributed by atoms with Gasteiger partial charge in [0.2, 0.25) is 0 Å². The Morgan fingerprint density at radius 3 is 2.58 bits per heavy atom. The molecule has 2 aromatic carbocycles. The highest BCUT2D eigenvalue weighted by atomic mass is 79.9. The van der Waals surface area contributed by atoms with Crippen LogP contribution in [-0.2, 0) is 0 Å². The maximum absolute atomic E-state index is 12.2. The van der Waals surface area contributed by atoms with Gasteiger partial charge in [-0.15, -0.1) is 0 Å². The van der Waals surface area contributed by atoms with E-state index < -0.39 is 11.9 Å². The molecule has 2 rings (SSSR count). The van der Waals surface area contributed by atoms with Crippen molar-refractivity contribution >= 4 is 62.4 Å². The Balaban J connectivity index is 2.13. The number of hydrogen-bond donors (Lipinski definition) is 3. The van der Waals surface area contributed by atoms with Crippen molar-refractivity contribution in [2.75, 3.05) is 5.32 Å². The summed E-state index contributed by atoms with van der Waals surface area (Å²) in [4.78, 5) is 23.3. The second kappa shape index (κ2) is 7.74. The molecule has 0 aliphatic carbocycles. The average Bonchev–Trinajstić information content (AvgIpc) is 2.51. The lowest BCUT2D eigenvalue weighted by Crippen LogP contribution is -2.34. The van der Waals surface area contributed by atoms with Gasteiger partial charge in [0.05, 0.1) is 16.1 Å². The largest absolute Gasteiger partial charge is 0.478 e. The molecule has 0 atom stereocenters. The Bertz CT molecular complexity index is 842. The van der Waals surface area contributed by atoms with E-state index in [1.165, 1.54) is 12.1 Å². The molecule has 5 nitrogen and oxygen atoms in total. The third-order valence-corrected chi connectivity index (χ3v) is 4.16. The Hall–Kier alpha value is -1.96. The van der Waals surface area contributed by atoms with Gasteiger partial charge in [0.15, 0.2) is 5.11 Å². The number of benzene rings is 2. The van der Waals surface area contributed by atoms with Crippen molar-refractivity contribution in [2.24, 2.45) is 0 Å². The molecule has 0 aliphatic heterocycles. The fourth-order valence-corrected chi connectivity index (χ4v) is 2.65. The highest BCUT2D eigenvalue weighted by Crippen LogP contribution is 2.21. The molecule has 0 saturated carbocycles. The van der Waals surface area contributed by atoms with E-state index in [0.717, 1.165) is 5.56 Å². The van der Waals surface area contributed by atoms with Crippen LogP contribution in [0.2, 0.25) is 5.02 Å². The molecule has 0 saturated heterocycles. The van der Waals surface area contributed by atoms with Crippen LogP contribution >= 0.6 is 39.7 Å². The number of hydrogen-bond acceptors (Lipinski definition) is 3. The van der Waals surface area contributed by atoms with Gasteiger partial charge in [0.25, 0.3) is 5.91 Å². The zero-order chi connectivity index (χ0) is 17.9. The second-order valence-corrected chi connectivity index (χ2v) is 6.60. The van der Waals surface area contributed by atoms with Crippen molar-refractivity contribution in [3.63, 3.8) is 0 Å². The summed E-state index contributed by atoms with van der Waals surface area (Å²) in [6, 6.07) is 9.49. The van der Waals surface area contributed by atoms with E-state index in [4.69, 9.17) is 28.9 Å². The summed E-state index contributed by atoms with van der Waals surface area (Å²) < 4.78 is 0.709. The first kappa shape index (κ1) is 18.4. The smallest absolute Gasteiger partial charge is 0.335 e. The number of aryl methyl sites for hydroxylation is 1. The van der Waals surface area contributed by atoms with Gasteiger partial charge < -0.3 is 10.4 Å². The molecule has 124 valence electrons. The first-order chi connectivity index (χ1) is 11.3. The number of amides is 1. The predicted octanol–water partition coefficient (Wildman–Crippen LogP) is 4.24.